The highest BCUT2D eigenvalue weighted by atomic mass is 32.2. The maximum Gasteiger partial charge on any atom is 0.416 e. The molecule has 0 saturated carbocycles. The molecule has 0 atom stereocenters. The molecule has 4 nitrogen and oxygen atoms in total. The minimum atomic E-state index is -4.45. The molecule has 3 aromatic rings. The van der Waals surface area contributed by atoms with Crippen molar-refractivity contribution in [3.63, 3.8) is 0 Å². The van der Waals surface area contributed by atoms with Crippen LogP contribution in [0.2, 0.25) is 0 Å². The number of hydrogen-bond acceptors (Lipinski definition) is 3. The molecule has 1 saturated heterocycles. The highest BCUT2D eigenvalue weighted by Gasteiger charge is 2.33. The van der Waals surface area contributed by atoms with Gasteiger partial charge in [0.1, 0.15) is 5.82 Å². The molecule has 0 aliphatic carbocycles. The van der Waals surface area contributed by atoms with Crippen molar-refractivity contribution in [3.05, 3.63) is 88.8 Å². The van der Waals surface area contributed by atoms with Crippen molar-refractivity contribution >= 4 is 34.6 Å². The number of rotatable bonds is 4. The molecule has 9 heteroatoms. The smallest absolute Gasteiger partial charge is 0.317 e. The number of alkyl halides is 3. The number of carbonyl (C=O) groups excluding carboxylic acids is 1. The van der Waals surface area contributed by atoms with Crippen molar-refractivity contribution in [2.75, 3.05) is 6.54 Å². The van der Waals surface area contributed by atoms with Crippen LogP contribution in [0, 0.1) is 5.82 Å². The summed E-state index contributed by atoms with van der Waals surface area (Å²) in [6.07, 6.45) is -1.19. The monoisotopic (exact) mass is 459 g/mol. The van der Waals surface area contributed by atoms with Crippen LogP contribution < -0.4 is 0 Å². The number of amidine groups is 1. The van der Waals surface area contributed by atoms with Crippen LogP contribution in [0.5, 0.6) is 0 Å². The first-order valence-electron chi connectivity index (χ1n) is 9.67. The van der Waals surface area contributed by atoms with Gasteiger partial charge < -0.3 is 4.57 Å². The lowest BCUT2D eigenvalue weighted by atomic mass is 10.2. The standard InChI is InChI=1S/C23H17F4N3OS/c1-2-29-21(31)20(32-22(29)28-17-10-8-16(24)9-11-17)14-19-7-4-12-30(19)18-6-3-5-15(13-18)23(25,26)27/h3-14H,2H2,1H3/b20-14+,28-22?. The Labute approximate surface area is 185 Å². The van der Waals surface area contributed by atoms with Gasteiger partial charge in [-0.05, 0) is 79.4 Å². The lowest BCUT2D eigenvalue weighted by Crippen LogP contribution is -2.28. The van der Waals surface area contributed by atoms with Crippen LogP contribution in [0.25, 0.3) is 11.8 Å². The van der Waals surface area contributed by atoms with Crippen LogP contribution in [-0.2, 0) is 11.0 Å². The molecule has 1 fully saturated rings. The average Bonchev–Trinajstić information content (AvgIpc) is 3.34. The third kappa shape index (κ3) is 4.47. The zero-order valence-electron chi connectivity index (χ0n) is 16.8. The highest BCUT2D eigenvalue weighted by molar-refractivity contribution is 8.18. The SMILES string of the molecule is CCN1C(=O)/C(=C\c2cccn2-c2cccc(C(F)(F)F)c2)SC1=Nc1ccc(F)cc1. The zero-order valence-corrected chi connectivity index (χ0v) is 17.6. The van der Waals surface area contributed by atoms with Gasteiger partial charge in [0.2, 0.25) is 0 Å². The molecule has 0 bridgehead atoms. The van der Waals surface area contributed by atoms with Gasteiger partial charge in [-0.1, -0.05) is 6.07 Å². The largest absolute Gasteiger partial charge is 0.416 e. The summed E-state index contributed by atoms with van der Waals surface area (Å²) in [4.78, 5) is 19.2. The van der Waals surface area contributed by atoms with Crippen molar-refractivity contribution in [1.29, 1.82) is 0 Å². The first-order chi connectivity index (χ1) is 15.3. The number of aliphatic imine (C=N–C) groups is 1. The molecule has 0 spiro atoms. The van der Waals surface area contributed by atoms with Crippen LogP contribution >= 0.6 is 11.8 Å². The lowest BCUT2D eigenvalue weighted by molar-refractivity contribution is -0.137. The Morgan fingerprint density at radius 3 is 2.50 bits per heavy atom. The molecule has 164 valence electrons. The van der Waals surface area contributed by atoms with E-state index in [1.807, 2.05) is 6.92 Å². The summed E-state index contributed by atoms with van der Waals surface area (Å²) in [5, 5.41) is 0.451. The maximum atomic E-state index is 13.2. The van der Waals surface area contributed by atoms with Crippen LogP contribution in [-0.4, -0.2) is 27.1 Å². The Hall–Kier alpha value is -3.33. The van der Waals surface area contributed by atoms with Gasteiger partial charge in [-0.2, -0.15) is 13.2 Å². The lowest BCUT2D eigenvalue weighted by Gasteiger charge is -2.12. The molecule has 0 unspecified atom stereocenters. The summed E-state index contributed by atoms with van der Waals surface area (Å²) in [6, 6.07) is 14.0. The number of benzene rings is 2. The third-order valence-corrected chi connectivity index (χ3v) is 5.77. The van der Waals surface area contributed by atoms with Gasteiger partial charge in [0.15, 0.2) is 5.17 Å². The summed E-state index contributed by atoms with van der Waals surface area (Å²) in [5.74, 6) is -0.637. The van der Waals surface area contributed by atoms with E-state index in [-0.39, 0.29) is 11.7 Å². The van der Waals surface area contributed by atoms with E-state index in [1.165, 1.54) is 35.2 Å². The Balaban J connectivity index is 1.68. The Morgan fingerprint density at radius 2 is 1.81 bits per heavy atom. The second-order valence-corrected chi connectivity index (χ2v) is 7.89. The number of halogens is 4. The van der Waals surface area contributed by atoms with E-state index in [9.17, 15) is 22.4 Å². The van der Waals surface area contributed by atoms with Crippen molar-refractivity contribution < 1.29 is 22.4 Å². The maximum absolute atomic E-state index is 13.2. The number of aromatic nitrogens is 1. The van der Waals surface area contributed by atoms with E-state index >= 15 is 0 Å². The average molecular weight is 459 g/mol. The van der Waals surface area contributed by atoms with Crippen LogP contribution in [0.4, 0.5) is 23.2 Å². The number of carbonyl (C=O) groups is 1. The normalized spacial score (nSPS) is 17.0. The van der Waals surface area contributed by atoms with Gasteiger partial charge in [0.05, 0.1) is 16.2 Å². The zero-order chi connectivity index (χ0) is 22.9. The van der Waals surface area contributed by atoms with Crippen molar-refractivity contribution in [1.82, 2.24) is 9.47 Å². The first-order valence-corrected chi connectivity index (χ1v) is 10.5. The molecule has 1 amide bonds. The van der Waals surface area contributed by atoms with E-state index in [2.05, 4.69) is 4.99 Å². The van der Waals surface area contributed by atoms with Gasteiger partial charge >= 0.3 is 6.18 Å². The minimum absolute atomic E-state index is 0.254. The van der Waals surface area contributed by atoms with Crippen molar-refractivity contribution in [2.45, 2.75) is 13.1 Å². The number of amides is 1. The Kier molecular flexibility index (Phi) is 5.92. The highest BCUT2D eigenvalue weighted by Crippen LogP contribution is 2.35. The van der Waals surface area contributed by atoms with E-state index in [0.29, 0.717) is 33.7 Å². The van der Waals surface area contributed by atoms with Crippen LogP contribution in [0.15, 0.2) is 76.8 Å². The molecular formula is C23H17F4N3OS. The molecule has 2 heterocycles. The van der Waals surface area contributed by atoms with Gasteiger partial charge in [0, 0.05) is 24.1 Å². The summed E-state index contributed by atoms with van der Waals surface area (Å²) < 4.78 is 54.1. The molecule has 1 aromatic heterocycles. The van der Waals surface area contributed by atoms with E-state index in [1.54, 1.807) is 35.0 Å². The Morgan fingerprint density at radius 1 is 1.06 bits per heavy atom. The predicted octanol–water partition coefficient (Wildman–Crippen LogP) is 6.26. The van der Waals surface area contributed by atoms with Crippen LogP contribution in [0.1, 0.15) is 18.2 Å². The van der Waals surface area contributed by atoms with Crippen molar-refractivity contribution in [3.8, 4) is 5.69 Å². The van der Waals surface area contributed by atoms with Gasteiger partial charge in [-0.3, -0.25) is 9.69 Å². The van der Waals surface area contributed by atoms with Gasteiger partial charge in [0.25, 0.3) is 5.91 Å². The topological polar surface area (TPSA) is 37.6 Å². The number of likely N-dealkylation sites (N-methyl/N-ethyl adjacent to an activating group) is 1. The molecular weight excluding hydrogens is 442 g/mol. The van der Waals surface area contributed by atoms with E-state index < -0.39 is 11.7 Å². The Bertz CT molecular complexity index is 1210. The number of hydrogen-bond donors (Lipinski definition) is 0. The number of thioether (sulfide) groups is 1. The van der Waals surface area contributed by atoms with Gasteiger partial charge in [-0.25, -0.2) is 9.38 Å². The summed E-state index contributed by atoms with van der Waals surface area (Å²) in [5.41, 5.74) is 0.646. The fourth-order valence-electron chi connectivity index (χ4n) is 3.21. The fraction of sp³-hybridized carbons (Fsp3) is 0.130. The molecule has 1 aliphatic rings. The summed E-state index contributed by atoms with van der Waals surface area (Å²) in [6.45, 7) is 2.20. The number of nitrogens with zero attached hydrogens (tertiary/aromatic N) is 3. The second-order valence-electron chi connectivity index (χ2n) is 6.88. The molecule has 4 rings (SSSR count). The van der Waals surface area contributed by atoms with Crippen molar-refractivity contribution in [2.24, 2.45) is 4.99 Å². The molecule has 32 heavy (non-hydrogen) atoms. The quantitative estimate of drug-likeness (QED) is 0.341. The predicted molar refractivity (Wildman–Crippen MR) is 117 cm³/mol. The summed E-state index contributed by atoms with van der Waals surface area (Å²) in [7, 11) is 0. The molecule has 0 N–H and O–H groups in total. The second kappa shape index (κ2) is 8.66. The molecule has 1 aliphatic heterocycles. The fourth-order valence-corrected chi connectivity index (χ4v) is 4.26. The molecule has 2 aromatic carbocycles. The van der Waals surface area contributed by atoms with Crippen LogP contribution in [0.3, 0.4) is 0 Å². The summed E-state index contributed by atoms with van der Waals surface area (Å²) >= 11 is 1.16. The minimum Gasteiger partial charge on any atom is -0.317 e. The molecule has 0 radical (unpaired) electrons. The van der Waals surface area contributed by atoms with E-state index in [4.69, 9.17) is 0 Å². The third-order valence-electron chi connectivity index (χ3n) is 4.77. The van der Waals surface area contributed by atoms with Gasteiger partial charge in [-0.15, -0.1) is 0 Å². The first kappa shape index (κ1) is 21.9. The van der Waals surface area contributed by atoms with E-state index in [0.717, 1.165) is 23.9 Å².